The summed E-state index contributed by atoms with van der Waals surface area (Å²) < 4.78 is 6.49. The molecule has 19 heavy (non-hydrogen) atoms. The summed E-state index contributed by atoms with van der Waals surface area (Å²) in [6, 6.07) is 18.8. The van der Waals surface area contributed by atoms with Gasteiger partial charge < -0.3 is 9.94 Å². The van der Waals surface area contributed by atoms with Crippen molar-refractivity contribution in [3.63, 3.8) is 0 Å². The first-order valence-corrected chi connectivity index (χ1v) is 6.29. The molecule has 2 aromatic rings. The highest BCUT2D eigenvalue weighted by molar-refractivity contribution is 5.75. The smallest absolute Gasteiger partial charge is 0.194 e. The third kappa shape index (κ3) is 4.14. The van der Waals surface area contributed by atoms with E-state index in [9.17, 15) is 5.21 Å². The highest BCUT2D eigenvalue weighted by Gasteiger charge is 2.10. The van der Waals surface area contributed by atoms with E-state index in [1.54, 1.807) is 6.21 Å². The number of benzene rings is 2. The molecular weight excluding hydrogens is 238 g/mol. The number of hydroxylamine groups is 1. The number of rotatable bonds is 5. The van der Waals surface area contributed by atoms with Crippen molar-refractivity contribution >= 4 is 6.21 Å². The topological polar surface area (TPSA) is 35.3 Å². The monoisotopic (exact) mass is 255 g/mol. The van der Waals surface area contributed by atoms with Crippen LogP contribution in [0.1, 0.15) is 12.5 Å². The summed E-state index contributed by atoms with van der Waals surface area (Å²) in [6.45, 7) is 2.20. The Hall–Kier alpha value is -2.29. The van der Waals surface area contributed by atoms with E-state index in [1.807, 2.05) is 67.6 Å². The van der Waals surface area contributed by atoms with E-state index < -0.39 is 0 Å². The van der Waals surface area contributed by atoms with Crippen LogP contribution in [0.5, 0.6) is 5.75 Å². The number of hydrogen-bond donors (Lipinski definition) is 0. The van der Waals surface area contributed by atoms with Crippen LogP contribution in [0, 0.1) is 5.21 Å². The molecule has 0 fully saturated rings. The lowest BCUT2D eigenvalue weighted by atomic mass is 10.2. The third-order valence-corrected chi connectivity index (χ3v) is 2.74. The quantitative estimate of drug-likeness (QED) is 0.356. The summed E-state index contributed by atoms with van der Waals surface area (Å²) in [5, 5.41) is 11.9. The third-order valence-electron chi connectivity index (χ3n) is 2.74. The van der Waals surface area contributed by atoms with Crippen LogP contribution in [0.3, 0.4) is 0 Å². The summed E-state index contributed by atoms with van der Waals surface area (Å²) in [5.74, 6) is 0.780. The number of nitrogens with zero attached hydrogens (tertiary/aromatic N) is 1. The van der Waals surface area contributed by atoms with Gasteiger partial charge in [-0.2, -0.15) is 0 Å². The first-order valence-electron chi connectivity index (χ1n) is 6.29. The van der Waals surface area contributed by atoms with Gasteiger partial charge in [0, 0.05) is 12.5 Å². The minimum atomic E-state index is -0.236. The average molecular weight is 255 g/mol. The average Bonchev–Trinajstić information content (AvgIpc) is 2.47. The van der Waals surface area contributed by atoms with Crippen LogP contribution in [0.4, 0.5) is 0 Å². The van der Waals surface area contributed by atoms with Gasteiger partial charge in [-0.1, -0.05) is 36.4 Å². The van der Waals surface area contributed by atoms with Crippen molar-refractivity contribution in [3.8, 4) is 5.75 Å². The standard InChI is InChI=1S/C16H17NO2/c1-14(13-19-16-10-6-3-7-11-16)17(18)12-15-8-4-2-5-9-15/h2-12,14H,13H2,1H3/b17-12-. The summed E-state index contributed by atoms with van der Waals surface area (Å²) in [4.78, 5) is 0. The SMILES string of the molecule is CC(COc1ccccc1)/[N+]([O-])=C/c1ccccc1. The fourth-order valence-electron chi connectivity index (χ4n) is 1.62. The van der Waals surface area contributed by atoms with E-state index in [4.69, 9.17) is 4.74 Å². The first-order chi connectivity index (χ1) is 9.25. The molecule has 0 radical (unpaired) electrons. The zero-order valence-electron chi connectivity index (χ0n) is 10.9. The molecule has 0 saturated carbocycles. The highest BCUT2D eigenvalue weighted by atomic mass is 16.5. The minimum absolute atomic E-state index is 0.236. The van der Waals surface area contributed by atoms with E-state index in [-0.39, 0.29) is 6.04 Å². The van der Waals surface area contributed by atoms with Gasteiger partial charge >= 0.3 is 0 Å². The van der Waals surface area contributed by atoms with Crippen LogP contribution in [-0.4, -0.2) is 23.6 Å². The molecule has 0 bridgehead atoms. The lowest BCUT2D eigenvalue weighted by Gasteiger charge is -2.13. The van der Waals surface area contributed by atoms with Crippen molar-refractivity contribution in [2.24, 2.45) is 0 Å². The van der Waals surface area contributed by atoms with Crippen LogP contribution < -0.4 is 4.74 Å². The molecule has 0 aliphatic heterocycles. The highest BCUT2D eigenvalue weighted by Crippen LogP contribution is 2.09. The zero-order valence-corrected chi connectivity index (χ0v) is 10.9. The van der Waals surface area contributed by atoms with E-state index >= 15 is 0 Å². The molecule has 2 rings (SSSR count). The molecule has 3 nitrogen and oxygen atoms in total. The Kier molecular flexibility index (Phi) is 4.56. The Labute approximate surface area is 113 Å². The van der Waals surface area contributed by atoms with Crippen molar-refractivity contribution in [1.82, 2.24) is 0 Å². The predicted molar refractivity (Wildman–Crippen MR) is 76.6 cm³/mol. The van der Waals surface area contributed by atoms with Gasteiger partial charge in [0.2, 0.25) is 0 Å². The summed E-state index contributed by atoms with van der Waals surface area (Å²) in [5.41, 5.74) is 0.893. The lowest BCUT2D eigenvalue weighted by molar-refractivity contribution is -0.494. The Morgan fingerprint density at radius 1 is 1.05 bits per heavy atom. The van der Waals surface area contributed by atoms with Gasteiger partial charge in [0.1, 0.15) is 5.75 Å². The van der Waals surface area contributed by atoms with Crippen molar-refractivity contribution in [1.29, 1.82) is 0 Å². The molecule has 0 aliphatic rings. The maximum atomic E-state index is 11.9. The molecule has 0 heterocycles. The van der Waals surface area contributed by atoms with Crippen LogP contribution in [0.2, 0.25) is 0 Å². The van der Waals surface area contributed by atoms with Gasteiger partial charge in [-0.15, -0.1) is 0 Å². The van der Waals surface area contributed by atoms with E-state index in [1.165, 1.54) is 0 Å². The Balaban J connectivity index is 1.93. The lowest BCUT2D eigenvalue weighted by Crippen LogP contribution is -2.26. The van der Waals surface area contributed by atoms with Crippen molar-refractivity contribution < 1.29 is 9.48 Å². The summed E-state index contributed by atoms with van der Waals surface area (Å²) in [7, 11) is 0. The zero-order chi connectivity index (χ0) is 13.5. The van der Waals surface area contributed by atoms with Gasteiger partial charge in [-0.25, -0.2) is 4.74 Å². The van der Waals surface area contributed by atoms with Crippen molar-refractivity contribution in [3.05, 3.63) is 71.4 Å². The second-order valence-corrected chi connectivity index (χ2v) is 4.37. The molecule has 0 aliphatic carbocycles. The molecule has 0 amide bonds. The predicted octanol–water partition coefficient (Wildman–Crippen LogP) is 3.08. The van der Waals surface area contributed by atoms with Gasteiger partial charge in [-0.3, -0.25) is 0 Å². The second-order valence-electron chi connectivity index (χ2n) is 4.37. The molecule has 3 heteroatoms. The fraction of sp³-hybridized carbons (Fsp3) is 0.188. The van der Waals surface area contributed by atoms with E-state index in [2.05, 4.69) is 0 Å². The Bertz CT molecular complexity index is 523. The molecule has 0 aromatic heterocycles. The van der Waals surface area contributed by atoms with Gasteiger partial charge in [0.15, 0.2) is 18.9 Å². The maximum Gasteiger partial charge on any atom is 0.194 e. The molecule has 0 N–H and O–H groups in total. The van der Waals surface area contributed by atoms with Crippen LogP contribution >= 0.6 is 0 Å². The van der Waals surface area contributed by atoms with E-state index in [0.29, 0.717) is 6.61 Å². The molecule has 0 saturated heterocycles. The normalized spacial score (nSPS) is 13.0. The van der Waals surface area contributed by atoms with Gasteiger partial charge in [-0.05, 0) is 24.3 Å². The summed E-state index contributed by atoms with van der Waals surface area (Å²) in [6.07, 6.45) is 1.58. The van der Waals surface area contributed by atoms with Crippen molar-refractivity contribution in [2.45, 2.75) is 13.0 Å². The first kappa shape index (κ1) is 13.1. The van der Waals surface area contributed by atoms with Crippen LogP contribution in [0.25, 0.3) is 0 Å². The Morgan fingerprint density at radius 2 is 1.63 bits per heavy atom. The molecule has 1 unspecified atom stereocenters. The Morgan fingerprint density at radius 3 is 2.26 bits per heavy atom. The second kappa shape index (κ2) is 6.59. The molecule has 1 atom stereocenters. The number of para-hydroxylation sites is 1. The largest absolute Gasteiger partial charge is 0.623 e. The van der Waals surface area contributed by atoms with Crippen LogP contribution in [-0.2, 0) is 0 Å². The molecular formula is C16H17NO2. The minimum Gasteiger partial charge on any atom is -0.623 e. The maximum absolute atomic E-state index is 11.9. The summed E-state index contributed by atoms with van der Waals surface area (Å²) >= 11 is 0. The number of hydrogen-bond acceptors (Lipinski definition) is 2. The van der Waals surface area contributed by atoms with Gasteiger partial charge in [0.05, 0.1) is 0 Å². The number of ether oxygens (including phenoxy) is 1. The molecule has 2 aromatic carbocycles. The van der Waals surface area contributed by atoms with Crippen molar-refractivity contribution in [2.75, 3.05) is 6.61 Å². The molecule has 0 spiro atoms. The van der Waals surface area contributed by atoms with Crippen LogP contribution in [0.15, 0.2) is 60.7 Å². The fourth-order valence-corrected chi connectivity index (χ4v) is 1.62. The van der Waals surface area contributed by atoms with E-state index in [0.717, 1.165) is 16.1 Å². The van der Waals surface area contributed by atoms with Gasteiger partial charge in [0.25, 0.3) is 0 Å². The molecule has 98 valence electrons.